The summed E-state index contributed by atoms with van der Waals surface area (Å²) in [4.78, 5) is 9.42. The Balaban J connectivity index is 3.59. The predicted molar refractivity (Wildman–Crippen MR) is 59.4 cm³/mol. The normalized spacial score (nSPS) is 11.4. The molecule has 0 aromatic heterocycles. The van der Waals surface area contributed by atoms with E-state index in [-0.39, 0.29) is 9.92 Å². The van der Waals surface area contributed by atoms with Gasteiger partial charge in [0.25, 0.3) is 0 Å². The molecular formula is C7H6Cl2N2O4S. The van der Waals surface area contributed by atoms with Crippen molar-refractivity contribution < 1.29 is 13.3 Å². The molecule has 88 valence electrons. The predicted octanol–water partition coefficient (Wildman–Crippen LogP) is 1.81. The van der Waals surface area contributed by atoms with E-state index in [4.69, 9.17) is 23.2 Å². The van der Waals surface area contributed by atoms with E-state index in [1.165, 1.54) is 7.05 Å². The summed E-state index contributed by atoms with van der Waals surface area (Å²) in [5.74, 6) is 0. The third kappa shape index (κ3) is 2.27. The van der Waals surface area contributed by atoms with Gasteiger partial charge in [0.15, 0.2) is 0 Å². The first-order valence-electron chi connectivity index (χ1n) is 3.87. The van der Waals surface area contributed by atoms with Crippen molar-refractivity contribution in [2.24, 2.45) is 0 Å². The maximum Gasteiger partial charge on any atom is 0.307 e. The van der Waals surface area contributed by atoms with E-state index < -0.39 is 25.7 Å². The van der Waals surface area contributed by atoms with E-state index in [1.54, 1.807) is 0 Å². The molecule has 1 aromatic carbocycles. The number of halogens is 2. The Bertz CT molecular complexity index is 544. The largest absolute Gasteiger partial charge is 0.307 e. The van der Waals surface area contributed by atoms with Gasteiger partial charge < -0.3 is 0 Å². The minimum Gasteiger partial charge on any atom is -0.258 e. The summed E-state index contributed by atoms with van der Waals surface area (Å²) in [5.41, 5.74) is -0.625. The van der Waals surface area contributed by atoms with E-state index in [0.29, 0.717) is 0 Å². The number of hydrogen-bond acceptors (Lipinski definition) is 4. The van der Waals surface area contributed by atoms with Crippen molar-refractivity contribution >= 4 is 38.9 Å². The van der Waals surface area contributed by atoms with Crippen molar-refractivity contribution in [1.82, 2.24) is 4.72 Å². The van der Waals surface area contributed by atoms with Gasteiger partial charge in [0.2, 0.25) is 10.0 Å². The topological polar surface area (TPSA) is 89.3 Å². The summed E-state index contributed by atoms with van der Waals surface area (Å²) in [6.07, 6.45) is 0. The van der Waals surface area contributed by atoms with Gasteiger partial charge in [0.05, 0.1) is 4.92 Å². The lowest BCUT2D eigenvalue weighted by molar-refractivity contribution is -0.384. The highest BCUT2D eigenvalue weighted by Gasteiger charge is 2.26. The van der Waals surface area contributed by atoms with Gasteiger partial charge in [-0.15, -0.1) is 0 Å². The first kappa shape index (κ1) is 13.2. The Labute approximate surface area is 101 Å². The summed E-state index contributed by atoms with van der Waals surface area (Å²) in [7, 11) is -2.67. The average Bonchev–Trinajstić information content (AvgIpc) is 2.16. The lowest BCUT2D eigenvalue weighted by Gasteiger charge is -2.05. The van der Waals surface area contributed by atoms with Crippen LogP contribution in [0.2, 0.25) is 10.0 Å². The molecular weight excluding hydrogens is 279 g/mol. The number of nitrogens with zero attached hydrogens (tertiary/aromatic N) is 1. The Morgan fingerprint density at radius 3 is 2.38 bits per heavy atom. The number of hydrogen-bond donors (Lipinski definition) is 1. The standard InChI is InChI=1S/C7H6Cl2N2O4S/c1-10-16(14,15)5-3-2-4(8)7(6(5)9)11(12)13/h2-3,10H,1H3. The van der Waals surface area contributed by atoms with Gasteiger partial charge in [-0.3, -0.25) is 10.1 Å². The molecule has 1 aromatic rings. The SMILES string of the molecule is CNS(=O)(=O)c1ccc(Cl)c([N+](=O)[O-])c1Cl. The van der Waals surface area contributed by atoms with Gasteiger partial charge >= 0.3 is 5.69 Å². The van der Waals surface area contributed by atoms with Crippen LogP contribution < -0.4 is 4.72 Å². The zero-order valence-corrected chi connectivity index (χ0v) is 10.2. The smallest absolute Gasteiger partial charge is 0.258 e. The van der Waals surface area contributed by atoms with Crippen molar-refractivity contribution in [3.05, 3.63) is 32.3 Å². The lowest BCUT2D eigenvalue weighted by Crippen LogP contribution is -2.19. The van der Waals surface area contributed by atoms with Gasteiger partial charge in [0, 0.05) is 0 Å². The third-order valence-electron chi connectivity index (χ3n) is 1.77. The Hall–Kier alpha value is -0.890. The molecule has 0 saturated heterocycles. The van der Waals surface area contributed by atoms with Crippen LogP contribution >= 0.6 is 23.2 Å². The fourth-order valence-electron chi connectivity index (χ4n) is 1.01. The minimum absolute atomic E-state index is 0.218. The first-order valence-corrected chi connectivity index (χ1v) is 6.11. The maximum atomic E-state index is 11.4. The quantitative estimate of drug-likeness (QED) is 0.677. The second-order valence-corrected chi connectivity index (χ2v) is 5.31. The van der Waals surface area contributed by atoms with Crippen LogP contribution in [0.3, 0.4) is 0 Å². The van der Waals surface area contributed by atoms with Crippen molar-refractivity contribution in [2.45, 2.75) is 4.90 Å². The van der Waals surface area contributed by atoms with Crippen molar-refractivity contribution in [2.75, 3.05) is 7.05 Å². The Morgan fingerprint density at radius 1 is 1.38 bits per heavy atom. The molecule has 16 heavy (non-hydrogen) atoms. The van der Waals surface area contributed by atoms with E-state index in [2.05, 4.69) is 0 Å². The molecule has 0 bridgehead atoms. The van der Waals surface area contributed by atoms with Crippen LogP contribution in [0, 0.1) is 10.1 Å². The Morgan fingerprint density at radius 2 is 1.94 bits per heavy atom. The van der Waals surface area contributed by atoms with Crippen LogP contribution in [-0.2, 0) is 10.0 Å². The number of nitro groups is 1. The van der Waals surface area contributed by atoms with Crippen molar-refractivity contribution in [1.29, 1.82) is 0 Å². The average molecular weight is 285 g/mol. The molecule has 0 radical (unpaired) electrons. The molecule has 0 spiro atoms. The van der Waals surface area contributed by atoms with Crippen molar-refractivity contribution in [3.63, 3.8) is 0 Å². The zero-order valence-electron chi connectivity index (χ0n) is 7.90. The number of sulfonamides is 1. The molecule has 6 nitrogen and oxygen atoms in total. The van der Waals surface area contributed by atoms with Crippen LogP contribution in [0.5, 0.6) is 0 Å². The van der Waals surface area contributed by atoms with Crippen LogP contribution in [0.4, 0.5) is 5.69 Å². The summed E-state index contributed by atoms with van der Waals surface area (Å²) in [6, 6.07) is 2.21. The fraction of sp³-hybridized carbons (Fsp3) is 0.143. The number of benzene rings is 1. The summed E-state index contributed by atoms with van der Waals surface area (Å²) in [6.45, 7) is 0. The van der Waals surface area contributed by atoms with Crippen LogP contribution in [0.1, 0.15) is 0 Å². The molecule has 0 amide bonds. The van der Waals surface area contributed by atoms with E-state index in [1.807, 2.05) is 4.72 Å². The van der Waals surface area contributed by atoms with Gasteiger partial charge in [-0.2, -0.15) is 0 Å². The van der Waals surface area contributed by atoms with Gasteiger partial charge in [-0.05, 0) is 19.2 Å². The van der Waals surface area contributed by atoms with Gasteiger partial charge in [-0.1, -0.05) is 23.2 Å². The third-order valence-corrected chi connectivity index (χ3v) is 4.03. The van der Waals surface area contributed by atoms with Crippen LogP contribution in [0.15, 0.2) is 17.0 Å². The molecule has 9 heteroatoms. The number of nitrogens with one attached hydrogen (secondary N) is 1. The molecule has 0 aliphatic rings. The van der Waals surface area contributed by atoms with Crippen molar-refractivity contribution in [3.8, 4) is 0 Å². The van der Waals surface area contributed by atoms with Gasteiger partial charge in [0.1, 0.15) is 14.9 Å². The first-order chi connectivity index (χ1) is 7.31. The molecule has 1 N–H and O–H groups in total. The molecule has 0 saturated carbocycles. The van der Waals surface area contributed by atoms with Crippen LogP contribution in [-0.4, -0.2) is 20.4 Å². The molecule has 0 heterocycles. The molecule has 1 rings (SSSR count). The highest BCUT2D eigenvalue weighted by atomic mass is 35.5. The van der Waals surface area contributed by atoms with Gasteiger partial charge in [-0.25, -0.2) is 13.1 Å². The summed E-state index contributed by atoms with van der Waals surface area (Å²) in [5, 5.41) is 9.91. The van der Waals surface area contributed by atoms with Crippen LogP contribution in [0.25, 0.3) is 0 Å². The molecule has 0 atom stereocenters. The van der Waals surface area contributed by atoms with E-state index in [0.717, 1.165) is 12.1 Å². The van der Waals surface area contributed by atoms with E-state index in [9.17, 15) is 18.5 Å². The molecule has 0 aliphatic heterocycles. The summed E-state index contributed by atoms with van der Waals surface area (Å²) >= 11 is 11.2. The number of nitro benzene ring substituents is 1. The highest BCUT2D eigenvalue weighted by Crippen LogP contribution is 2.36. The second kappa shape index (κ2) is 4.54. The fourth-order valence-corrected chi connectivity index (χ4v) is 2.62. The molecule has 0 fully saturated rings. The second-order valence-electron chi connectivity index (χ2n) is 2.67. The molecule has 0 unspecified atom stereocenters. The Kier molecular flexibility index (Phi) is 3.74. The monoisotopic (exact) mass is 284 g/mol. The number of rotatable bonds is 3. The molecule has 0 aliphatic carbocycles. The maximum absolute atomic E-state index is 11.4. The zero-order chi connectivity index (χ0) is 12.5. The van der Waals surface area contributed by atoms with E-state index >= 15 is 0 Å². The lowest BCUT2D eigenvalue weighted by atomic mass is 10.3. The minimum atomic E-state index is -3.85. The summed E-state index contributed by atoms with van der Waals surface area (Å²) < 4.78 is 24.9. The highest BCUT2D eigenvalue weighted by molar-refractivity contribution is 7.89.